The number of benzene rings is 2. The molecule has 5 rings (SSSR count). The van der Waals surface area contributed by atoms with Gasteiger partial charge >= 0.3 is 6.18 Å². The molecule has 1 fully saturated rings. The van der Waals surface area contributed by atoms with E-state index >= 15 is 0 Å². The van der Waals surface area contributed by atoms with Crippen LogP contribution in [0.25, 0.3) is 5.57 Å². The Bertz CT molecular complexity index is 1500. The number of alkyl halides is 3. The van der Waals surface area contributed by atoms with Crippen LogP contribution in [0.1, 0.15) is 47.9 Å². The summed E-state index contributed by atoms with van der Waals surface area (Å²) in [6.07, 6.45) is 5.20. The second-order valence-corrected chi connectivity index (χ2v) is 10.4. The molecule has 0 bridgehead atoms. The minimum absolute atomic E-state index is 0. The molecule has 43 heavy (non-hydrogen) atoms. The van der Waals surface area contributed by atoms with Crippen molar-refractivity contribution in [3.8, 4) is 0 Å². The first kappa shape index (κ1) is 31.8. The summed E-state index contributed by atoms with van der Waals surface area (Å²) in [7, 11) is 0. The Morgan fingerprint density at radius 3 is 2.35 bits per heavy atom. The van der Waals surface area contributed by atoms with Gasteiger partial charge in [-0.25, -0.2) is 4.98 Å². The molecule has 1 atom stereocenters. The van der Waals surface area contributed by atoms with Gasteiger partial charge in [0, 0.05) is 54.3 Å². The van der Waals surface area contributed by atoms with Crippen LogP contribution in [0.2, 0.25) is 0 Å². The molecule has 2 aromatic carbocycles. The fourth-order valence-corrected chi connectivity index (χ4v) is 5.18. The Hall–Kier alpha value is -4.15. The number of aliphatic hydroxyl groups excluding tert-OH is 1. The molecular weight excluding hydrogens is 581 g/mol. The fraction of sp³-hybridized carbons (Fsp3) is 0.281. The number of amides is 2. The molecular formula is C32H32ClF3N4O3. The number of aliphatic hydroxyl groups is 1. The van der Waals surface area contributed by atoms with Crippen molar-refractivity contribution in [2.45, 2.75) is 44.4 Å². The third kappa shape index (κ3) is 7.82. The number of aromatic nitrogens is 1. The highest BCUT2D eigenvalue weighted by Gasteiger charge is 2.30. The van der Waals surface area contributed by atoms with E-state index in [1.807, 2.05) is 12.1 Å². The van der Waals surface area contributed by atoms with Crippen molar-refractivity contribution in [3.05, 3.63) is 101 Å². The number of fused-ring (bicyclic) bond motifs is 1. The Morgan fingerprint density at radius 2 is 1.70 bits per heavy atom. The van der Waals surface area contributed by atoms with Crippen molar-refractivity contribution < 1.29 is 27.9 Å². The number of hydrogen-bond donors (Lipinski definition) is 3. The molecule has 226 valence electrons. The van der Waals surface area contributed by atoms with E-state index in [4.69, 9.17) is 0 Å². The van der Waals surface area contributed by atoms with Crippen LogP contribution in [-0.4, -0.2) is 41.1 Å². The van der Waals surface area contributed by atoms with Crippen molar-refractivity contribution in [2.75, 3.05) is 28.6 Å². The predicted octanol–water partition coefficient (Wildman–Crippen LogP) is 6.38. The summed E-state index contributed by atoms with van der Waals surface area (Å²) in [5, 5.41) is 15.3. The first-order chi connectivity index (χ1) is 20.2. The highest BCUT2D eigenvalue weighted by atomic mass is 35.5. The molecule has 11 heteroatoms. The molecule has 0 saturated carbocycles. The van der Waals surface area contributed by atoms with Crippen LogP contribution in [0, 0.1) is 0 Å². The number of allylic oxidation sites excluding steroid dienone is 2. The highest BCUT2D eigenvalue weighted by molar-refractivity contribution is 6.03. The van der Waals surface area contributed by atoms with Crippen LogP contribution in [-0.2, 0) is 22.2 Å². The minimum Gasteiger partial charge on any atom is -0.383 e. The summed E-state index contributed by atoms with van der Waals surface area (Å²) in [5.41, 5.74) is 2.69. The van der Waals surface area contributed by atoms with E-state index in [0.717, 1.165) is 43.9 Å². The Balaban J connectivity index is 0.00000423. The summed E-state index contributed by atoms with van der Waals surface area (Å²) in [6.45, 7) is 1.86. The average molecular weight is 613 g/mol. The second kappa shape index (κ2) is 13.9. The molecule has 7 nitrogen and oxygen atoms in total. The lowest BCUT2D eigenvalue weighted by molar-refractivity contribution is -0.137. The van der Waals surface area contributed by atoms with Crippen molar-refractivity contribution in [3.63, 3.8) is 0 Å². The van der Waals surface area contributed by atoms with Gasteiger partial charge in [-0.15, -0.1) is 12.4 Å². The molecule has 2 amide bonds. The number of rotatable bonds is 6. The third-order valence-corrected chi connectivity index (χ3v) is 7.41. The molecule has 0 radical (unpaired) electrons. The molecule has 2 aliphatic heterocycles. The third-order valence-electron chi connectivity index (χ3n) is 7.41. The standard InChI is InChI=1S/C32H31F3N4O3.ClH/c33-32(34,35)23-14-11-21(12-15-23)24(22-13-16-29(36-20-22)39-17-3-1-2-4-18-39)7-5-10-30(41)37-26-8-6-9-27-25(26)19-28(40)31(42)38-27;/h5-16,20,28,40H,1-4,17-19H2,(H,37,41)(H,38,42);1H. The van der Waals surface area contributed by atoms with Crippen molar-refractivity contribution >= 4 is 47.0 Å². The maximum Gasteiger partial charge on any atom is 0.416 e. The normalized spacial score (nSPS) is 17.5. The van der Waals surface area contributed by atoms with Crippen molar-refractivity contribution in [1.29, 1.82) is 0 Å². The van der Waals surface area contributed by atoms with Crippen LogP contribution < -0.4 is 15.5 Å². The first-order valence-electron chi connectivity index (χ1n) is 13.9. The maximum absolute atomic E-state index is 13.2. The van der Waals surface area contributed by atoms with Crippen LogP contribution in [0.5, 0.6) is 0 Å². The smallest absolute Gasteiger partial charge is 0.383 e. The Kier molecular flexibility index (Phi) is 10.3. The van der Waals surface area contributed by atoms with Gasteiger partial charge < -0.3 is 20.6 Å². The summed E-state index contributed by atoms with van der Waals surface area (Å²) < 4.78 is 39.6. The van der Waals surface area contributed by atoms with Gasteiger partial charge in [0.05, 0.1) is 5.56 Å². The minimum atomic E-state index is -4.45. The predicted molar refractivity (Wildman–Crippen MR) is 163 cm³/mol. The van der Waals surface area contributed by atoms with E-state index in [2.05, 4.69) is 20.5 Å². The molecule has 0 aliphatic carbocycles. The topological polar surface area (TPSA) is 94.6 Å². The van der Waals surface area contributed by atoms with E-state index < -0.39 is 29.7 Å². The molecule has 3 N–H and O–H groups in total. The molecule has 2 aliphatic rings. The largest absolute Gasteiger partial charge is 0.416 e. The van der Waals surface area contributed by atoms with E-state index in [-0.39, 0.29) is 18.8 Å². The Labute approximate surface area is 253 Å². The van der Waals surface area contributed by atoms with Gasteiger partial charge in [0.2, 0.25) is 5.91 Å². The van der Waals surface area contributed by atoms with Crippen LogP contribution >= 0.6 is 12.4 Å². The summed E-state index contributed by atoms with van der Waals surface area (Å²) in [4.78, 5) is 31.5. The molecule has 1 unspecified atom stereocenters. The monoisotopic (exact) mass is 612 g/mol. The SMILES string of the molecule is Cl.O=C(C=CC=C(c1ccc(C(F)(F)F)cc1)c1ccc(N2CCCCCC2)nc1)Nc1cccc2c1CC(O)C(=O)N2. The van der Waals surface area contributed by atoms with E-state index in [9.17, 15) is 27.9 Å². The van der Waals surface area contributed by atoms with Crippen LogP contribution in [0.3, 0.4) is 0 Å². The van der Waals surface area contributed by atoms with E-state index in [1.165, 1.54) is 37.1 Å². The lowest BCUT2D eigenvalue weighted by Crippen LogP contribution is -2.34. The zero-order valence-corrected chi connectivity index (χ0v) is 24.0. The lowest BCUT2D eigenvalue weighted by Gasteiger charge is -2.23. The highest BCUT2D eigenvalue weighted by Crippen LogP contribution is 2.32. The van der Waals surface area contributed by atoms with Gasteiger partial charge in [0.25, 0.3) is 5.91 Å². The van der Waals surface area contributed by atoms with Gasteiger partial charge in [-0.2, -0.15) is 13.2 Å². The summed E-state index contributed by atoms with van der Waals surface area (Å²) in [6, 6.07) is 13.7. The van der Waals surface area contributed by atoms with Gasteiger partial charge in [-0.05, 0) is 60.4 Å². The molecule has 3 aromatic rings. The quantitative estimate of drug-likeness (QED) is 0.222. The van der Waals surface area contributed by atoms with E-state index in [0.29, 0.717) is 33.6 Å². The number of carbonyl (C=O) groups excluding carboxylic acids is 2. The number of nitrogens with zero attached hydrogens (tertiary/aromatic N) is 2. The first-order valence-corrected chi connectivity index (χ1v) is 13.9. The lowest BCUT2D eigenvalue weighted by atomic mass is 9.97. The van der Waals surface area contributed by atoms with Crippen molar-refractivity contribution in [1.82, 2.24) is 4.98 Å². The van der Waals surface area contributed by atoms with Crippen LogP contribution in [0.15, 0.2) is 79.0 Å². The zero-order valence-electron chi connectivity index (χ0n) is 23.2. The number of carbonyl (C=O) groups is 2. The average Bonchev–Trinajstić information content (AvgIpc) is 3.26. The Morgan fingerprint density at radius 1 is 1.00 bits per heavy atom. The summed E-state index contributed by atoms with van der Waals surface area (Å²) in [5.74, 6) is -0.0944. The van der Waals surface area contributed by atoms with E-state index in [1.54, 1.807) is 30.5 Å². The fourth-order valence-electron chi connectivity index (χ4n) is 5.18. The summed E-state index contributed by atoms with van der Waals surface area (Å²) >= 11 is 0. The number of nitrogens with one attached hydrogen (secondary N) is 2. The zero-order chi connectivity index (χ0) is 29.7. The number of halogens is 4. The van der Waals surface area contributed by atoms with Gasteiger partial charge in [-0.3, -0.25) is 9.59 Å². The maximum atomic E-state index is 13.2. The molecule has 1 saturated heterocycles. The van der Waals surface area contributed by atoms with Crippen LogP contribution in [0.4, 0.5) is 30.4 Å². The molecule has 3 heterocycles. The van der Waals surface area contributed by atoms with Gasteiger partial charge in [0.1, 0.15) is 11.9 Å². The van der Waals surface area contributed by atoms with Gasteiger partial charge in [0.15, 0.2) is 0 Å². The number of hydrogen-bond acceptors (Lipinski definition) is 5. The molecule has 0 spiro atoms. The number of anilines is 3. The number of pyridine rings is 1. The molecule has 1 aromatic heterocycles. The van der Waals surface area contributed by atoms with Gasteiger partial charge in [-0.1, -0.05) is 43.2 Å². The second-order valence-electron chi connectivity index (χ2n) is 10.4. The van der Waals surface area contributed by atoms with Crippen molar-refractivity contribution in [2.24, 2.45) is 0 Å².